The van der Waals surface area contributed by atoms with Crippen LogP contribution >= 0.6 is 15.9 Å². The molecule has 0 aromatic carbocycles. The van der Waals surface area contributed by atoms with E-state index in [-0.39, 0.29) is 0 Å². The van der Waals surface area contributed by atoms with Crippen LogP contribution in [0.25, 0.3) is 0 Å². The lowest BCUT2D eigenvalue weighted by atomic mass is 9.73. The van der Waals surface area contributed by atoms with E-state index in [0.29, 0.717) is 5.92 Å². The summed E-state index contributed by atoms with van der Waals surface area (Å²) in [4.78, 5) is 0. The van der Waals surface area contributed by atoms with Crippen LogP contribution in [0.3, 0.4) is 0 Å². The molecule has 14 heavy (non-hydrogen) atoms. The molecule has 1 fully saturated rings. The molecule has 1 aromatic heterocycles. The van der Waals surface area contributed by atoms with Crippen LogP contribution in [0.2, 0.25) is 0 Å². The van der Waals surface area contributed by atoms with Gasteiger partial charge in [0, 0.05) is 11.5 Å². The molecule has 78 valence electrons. The van der Waals surface area contributed by atoms with Gasteiger partial charge in [0.15, 0.2) is 4.67 Å². The van der Waals surface area contributed by atoms with E-state index in [2.05, 4.69) is 22.0 Å². The van der Waals surface area contributed by atoms with Gasteiger partial charge in [0.2, 0.25) is 0 Å². The minimum absolute atomic E-state index is 0.482. The van der Waals surface area contributed by atoms with E-state index < -0.39 is 0 Å². The Kier molecular flexibility index (Phi) is 2.98. The van der Waals surface area contributed by atoms with Crippen LogP contribution in [-0.2, 0) is 0 Å². The van der Waals surface area contributed by atoms with Crippen molar-refractivity contribution >= 4 is 15.9 Å². The molecule has 1 aromatic rings. The quantitative estimate of drug-likeness (QED) is 0.904. The second kappa shape index (κ2) is 4.07. The second-order valence-electron chi connectivity index (χ2n) is 4.12. The molecule has 2 nitrogen and oxygen atoms in total. The molecule has 1 atom stereocenters. The maximum atomic E-state index is 5.83. The number of rotatable bonds is 3. The van der Waals surface area contributed by atoms with Crippen molar-refractivity contribution < 1.29 is 4.42 Å². The Hall–Kier alpha value is -0.280. The van der Waals surface area contributed by atoms with Gasteiger partial charge in [-0.2, -0.15) is 0 Å². The van der Waals surface area contributed by atoms with E-state index in [1.807, 2.05) is 6.92 Å². The van der Waals surface area contributed by atoms with Crippen molar-refractivity contribution in [3.8, 4) is 0 Å². The number of nitrogens with two attached hydrogens (primary N) is 1. The maximum absolute atomic E-state index is 5.83. The summed E-state index contributed by atoms with van der Waals surface area (Å²) in [5.41, 5.74) is 7.09. The monoisotopic (exact) mass is 257 g/mol. The van der Waals surface area contributed by atoms with Crippen molar-refractivity contribution in [3.63, 3.8) is 0 Å². The molecule has 3 heteroatoms. The fourth-order valence-corrected chi connectivity index (χ4v) is 2.84. The predicted octanol–water partition coefficient (Wildman–Crippen LogP) is 3.19. The number of hydrogen-bond acceptors (Lipinski definition) is 2. The molecule has 0 amide bonds. The zero-order valence-corrected chi connectivity index (χ0v) is 10.0. The van der Waals surface area contributed by atoms with Crippen molar-refractivity contribution in [2.75, 3.05) is 6.54 Å². The molecule has 1 heterocycles. The first-order valence-corrected chi connectivity index (χ1v) is 5.97. The number of hydrogen-bond donors (Lipinski definition) is 1. The first kappa shape index (κ1) is 10.2. The number of halogens is 1. The predicted molar refractivity (Wildman–Crippen MR) is 60.3 cm³/mol. The van der Waals surface area contributed by atoms with Gasteiger partial charge >= 0.3 is 0 Å². The van der Waals surface area contributed by atoms with Crippen molar-refractivity contribution in [2.24, 2.45) is 11.7 Å². The molecule has 1 aliphatic carbocycles. The summed E-state index contributed by atoms with van der Waals surface area (Å²) in [5.74, 6) is 2.22. The smallest absolute Gasteiger partial charge is 0.172 e. The lowest BCUT2D eigenvalue weighted by Crippen LogP contribution is -2.26. The Labute approximate surface area is 93.0 Å². The summed E-state index contributed by atoms with van der Waals surface area (Å²) in [5, 5.41) is 0. The Morgan fingerprint density at radius 2 is 2.36 bits per heavy atom. The van der Waals surface area contributed by atoms with Gasteiger partial charge in [-0.05, 0) is 54.2 Å². The van der Waals surface area contributed by atoms with Crippen LogP contribution in [0.15, 0.2) is 15.2 Å². The standard InChI is InChI=1S/C11H16BrNO/c1-7-5-9(11(12)14-7)10(6-13)8-3-2-4-8/h5,8,10H,2-4,6,13H2,1H3. The fourth-order valence-electron chi connectivity index (χ4n) is 2.17. The zero-order chi connectivity index (χ0) is 10.1. The van der Waals surface area contributed by atoms with Crippen LogP contribution in [0.5, 0.6) is 0 Å². The van der Waals surface area contributed by atoms with E-state index in [4.69, 9.17) is 10.2 Å². The van der Waals surface area contributed by atoms with Gasteiger partial charge < -0.3 is 10.2 Å². The van der Waals surface area contributed by atoms with Crippen LogP contribution < -0.4 is 5.73 Å². The van der Waals surface area contributed by atoms with E-state index in [0.717, 1.165) is 22.9 Å². The minimum atomic E-state index is 0.482. The first-order valence-electron chi connectivity index (χ1n) is 5.18. The molecule has 0 bridgehead atoms. The summed E-state index contributed by atoms with van der Waals surface area (Å²) in [6, 6.07) is 2.11. The zero-order valence-electron chi connectivity index (χ0n) is 8.42. The molecule has 0 radical (unpaired) electrons. The maximum Gasteiger partial charge on any atom is 0.172 e. The van der Waals surface area contributed by atoms with Crippen molar-refractivity contribution in [1.29, 1.82) is 0 Å². The molecular weight excluding hydrogens is 242 g/mol. The highest BCUT2D eigenvalue weighted by molar-refractivity contribution is 9.10. The van der Waals surface area contributed by atoms with E-state index in [1.165, 1.54) is 24.8 Å². The lowest BCUT2D eigenvalue weighted by Gasteiger charge is -2.32. The molecule has 0 spiro atoms. The molecule has 1 unspecified atom stereocenters. The van der Waals surface area contributed by atoms with Crippen LogP contribution in [-0.4, -0.2) is 6.54 Å². The van der Waals surface area contributed by atoms with E-state index >= 15 is 0 Å². The fraction of sp³-hybridized carbons (Fsp3) is 0.636. The van der Waals surface area contributed by atoms with Gasteiger partial charge in [-0.25, -0.2) is 0 Å². The highest BCUT2D eigenvalue weighted by Gasteiger charge is 2.29. The average Bonchev–Trinajstić information content (AvgIpc) is 2.37. The van der Waals surface area contributed by atoms with Gasteiger partial charge in [-0.3, -0.25) is 0 Å². The number of aryl methyl sites for hydroxylation is 1. The van der Waals surface area contributed by atoms with E-state index in [9.17, 15) is 0 Å². The summed E-state index contributed by atoms with van der Waals surface area (Å²) in [6.07, 6.45) is 3.99. The SMILES string of the molecule is Cc1cc(C(CN)C2CCC2)c(Br)o1. The molecule has 1 aliphatic rings. The Morgan fingerprint density at radius 3 is 2.71 bits per heavy atom. The van der Waals surface area contributed by atoms with Gasteiger partial charge in [-0.15, -0.1) is 0 Å². The van der Waals surface area contributed by atoms with Crippen molar-refractivity contribution in [1.82, 2.24) is 0 Å². The third-order valence-corrected chi connectivity index (χ3v) is 3.83. The summed E-state index contributed by atoms with van der Waals surface area (Å²) in [6.45, 7) is 2.70. The molecular formula is C11H16BrNO. The van der Waals surface area contributed by atoms with Crippen molar-refractivity contribution in [3.05, 3.63) is 22.1 Å². The highest BCUT2D eigenvalue weighted by atomic mass is 79.9. The average molecular weight is 258 g/mol. The van der Waals surface area contributed by atoms with Crippen LogP contribution in [0.1, 0.15) is 36.5 Å². The lowest BCUT2D eigenvalue weighted by molar-refractivity contribution is 0.262. The summed E-state index contributed by atoms with van der Waals surface area (Å²) in [7, 11) is 0. The Balaban J connectivity index is 2.21. The second-order valence-corrected chi connectivity index (χ2v) is 4.84. The van der Waals surface area contributed by atoms with Crippen molar-refractivity contribution in [2.45, 2.75) is 32.1 Å². The molecule has 2 N–H and O–H groups in total. The Bertz CT molecular complexity index is 317. The third-order valence-electron chi connectivity index (χ3n) is 3.21. The number of furan rings is 1. The van der Waals surface area contributed by atoms with Gasteiger partial charge in [-0.1, -0.05) is 6.42 Å². The molecule has 2 rings (SSSR count). The van der Waals surface area contributed by atoms with Crippen LogP contribution in [0, 0.1) is 12.8 Å². The van der Waals surface area contributed by atoms with Gasteiger partial charge in [0.1, 0.15) is 5.76 Å². The highest BCUT2D eigenvalue weighted by Crippen LogP contribution is 2.41. The minimum Gasteiger partial charge on any atom is -0.454 e. The largest absolute Gasteiger partial charge is 0.454 e. The van der Waals surface area contributed by atoms with E-state index in [1.54, 1.807) is 0 Å². The summed E-state index contributed by atoms with van der Waals surface area (Å²) < 4.78 is 6.35. The molecule has 0 aliphatic heterocycles. The first-order chi connectivity index (χ1) is 6.72. The molecule has 1 saturated carbocycles. The van der Waals surface area contributed by atoms with Crippen LogP contribution in [0.4, 0.5) is 0 Å². The van der Waals surface area contributed by atoms with Gasteiger partial charge in [0.25, 0.3) is 0 Å². The third kappa shape index (κ3) is 1.75. The van der Waals surface area contributed by atoms with Gasteiger partial charge in [0.05, 0.1) is 0 Å². The topological polar surface area (TPSA) is 39.2 Å². The molecule has 0 saturated heterocycles. The Morgan fingerprint density at radius 1 is 1.64 bits per heavy atom. The summed E-state index contributed by atoms with van der Waals surface area (Å²) >= 11 is 3.46. The normalized spacial score (nSPS) is 19.4.